The zero-order valence-electron chi connectivity index (χ0n) is 9.28. The van der Waals surface area contributed by atoms with Crippen LogP contribution >= 0.6 is 15.9 Å². The molecule has 4 nitrogen and oxygen atoms in total. The SMILES string of the molecule is O=C(O)CCNC1CCOc2ccc(Br)cc21. The van der Waals surface area contributed by atoms with E-state index in [0.717, 1.165) is 22.2 Å². The van der Waals surface area contributed by atoms with Crippen LogP contribution in [0.3, 0.4) is 0 Å². The van der Waals surface area contributed by atoms with E-state index in [1.54, 1.807) is 0 Å². The molecule has 1 aromatic rings. The molecule has 0 saturated carbocycles. The van der Waals surface area contributed by atoms with Crippen LogP contribution in [0, 0.1) is 0 Å². The van der Waals surface area contributed by atoms with Gasteiger partial charge in [-0.3, -0.25) is 4.79 Å². The lowest BCUT2D eigenvalue weighted by atomic mass is 10.0. The summed E-state index contributed by atoms with van der Waals surface area (Å²) < 4.78 is 6.57. The maximum atomic E-state index is 10.5. The summed E-state index contributed by atoms with van der Waals surface area (Å²) in [5, 5.41) is 11.9. The van der Waals surface area contributed by atoms with Gasteiger partial charge in [-0.05, 0) is 18.2 Å². The fraction of sp³-hybridized carbons (Fsp3) is 0.417. The van der Waals surface area contributed by atoms with Crippen LogP contribution in [0.4, 0.5) is 0 Å². The lowest BCUT2D eigenvalue weighted by molar-refractivity contribution is -0.136. The zero-order valence-corrected chi connectivity index (χ0v) is 10.9. The third-order valence-corrected chi connectivity index (χ3v) is 3.23. The molecule has 1 atom stereocenters. The summed E-state index contributed by atoms with van der Waals surface area (Å²) in [7, 11) is 0. The number of carboxylic acids is 1. The molecule has 0 amide bonds. The quantitative estimate of drug-likeness (QED) is 0.896. The van der Waals surface area contributed by atoms with E-state index in [4.69, 9.17) is 9.84 Å². The second-order valence-corrected chi connectivity index (χ2v) is 4.89. The van der Waals surface area contributed by atoms with Crippen molar-refractivity contribution in [2.45, 2.75) is 18.9 Å². The Labute approximate surface area is 108 Å². The minimum Gasteiger partial charge on any atom is -0.493 e. The Kier molecular flexibility index (Phi) is 4.02. The highest BCUT2D eigenvalue weighted by Gasteiger charge is 2.21. The molecule has 0 saturated heterocycles. The summed E-state index contributed by atoms with van der Waals surface area (Å²) in [6, 6.07) is 6.08. The van der Waals surface area contributed by atoms with Crippen LogP contribution in [-0.4, -0.2) is 24.2 Å². The Bertz CT molecular complexity index is 422. The summed E-state index contributed by atoms with van der Waals surface area (Å²) in [6.45, 7) is 1.14. The maximum Gasteiger partial charge on any atom is 0.304 e. The van der Waals surface area contributed by atoms with E-state index in [2.05, 4.69) is 21.2 Å². The van der Waals surface area contributed by atoms with Crippen LogP contribution in [0.15, 0.2) is 22.7 Å². The molecule has 1 aliphatic rings. The summed E-state index contributed by atoms with van der Waals surface area (Å²) in [4.78, 5) is 10.5. The average molecular weight is 300 g/mol. The van der Waals surface area contributed by atoms with Gasteiger partial charge >= 0.3 is 5.97 Å². The largest absolute Gasteiger partial charge is 0.493 e. The van der Waals surface area contributed by atoms with Crippen LogP contribution in [0.5, 0.6) is 5.75 Å². The number of ether oxygens (including phenoxy) is 1. The number of nitrogens with one attached hydrogen (secondary N) is 1. The lowest BCUT2D eigenvalue weighted by Crippen LogP contribution is -2.28. The van der Waals surface area contributed by atoms with Gasteiger partial charge in [0.25, 0.3) is 0 Å². The van der Waals surface area contributed by atoms with Crippen molar-refractivity contribution in [2.24, 2.45) is 0 Å². The van der Waals surface area contributed by atoms with Crippen LogP contribution in [0.25, 0.3) is 0 Å². The van der Waals surface area contributed by atoms with Gasteiger partial charge in [0.15, 0.2) is 0 Å². The molecule has 0 spiro atoms. The molecule has 0 aromatic heterocycles. The minimum absolute atomic E-state index is 0.140. The molecular formula is C12H14BrNO3. The summed E-state index contributed by atoms with van der Waals surface area (Å²) in [6.07, 6.45) is 1.00. The van der Waals surface area contributed by atoms with Gasteiger partial charge in [0.1, 0.15) is 5.75 Å². The van der Waals surface area contributed by atoms with Crippen LogP contribution in [-0.2, 0) is 4.79 Å². The Morgan fingerprint density at radius 1 is 1.59 bits per heavy atom. The number of fused-ring (bicyclic) bond motifs is 1. The van der Waals surface area contributed by atoms with Crippen molar-refractivity contribution in [3.63, 3.8) is 0 Å². The first kappa shape index (κ1) is 12.4. The Hall–Kier alpha value is -1.07. The van der Waals surface area contributed by atoms with Crippen LogP contribution < -0.4 is 10.1 Å². The van der Waals surface area contributed by atoms with Crippen molar-refractivity contribution in [3.8, 4) is 5.75 Å². The number of hydrogen-bond donors (Lipinski definition) is 2. The normalized spacial score (nSPS) is 18.3. The highest BCUT2D eigenvalue weighted by molar-refractivity contribution is 9.10. The van der Waals surface area contributed by atoms with Crippen molar-refractivity contribution < 1.29 is 14.6 Å². The standard InChI is InChI=1S/C12H14BrNO3/c13-8-1-2-11-9(7-8)10(4-6-17-11)14-5-3-12(15)16/h1-2,7,10,14H,3-6H2,(H,15,16). The molecule has 1 heterocycles. The average Bonchev–Trinajstić information content (AvgIpc) is 2.29. The summed E-state index contributed by atoms with van der Waals surface area (Å²) in [5.41, 5.74) is 1.09. The van der Waals surface area contributed by atoms with Crippen molar-refractivity contribution in [3.05, 3.63) is 28.2 Å². The lowest BCUT2D eigenvalue weighted by Gasteiger charge is -2.26. The van der Waals surface area contributed by atoms with Gasteiger partial charge in [0.05, 0.1) is 13.0 Å². The van der Waals surface area contributed by atoms with Gasteiger partial charge in [0.2, 0.25) is 0 Å². The number of hydrogen-bond acceptors (Lipinski definition) is 3. The molecule has 0 radical (unpaired) electrons. The second kappa shape index (κ2) is 5.51. The van der Waals surface area contributed by atoms with Gasteiger partial charge in [-0.25, -0.2) is 0 Å². The van der Waals surface area contributed by atoms with Crippen molar-refractivity contribution in [2.75, 3.05) is 13.2 Å². The van der Waals surface area contributed by atoms with Gasteiger partial charge in [-0.1, -0.05) is 15.9 Å². The first-order valence-corrected chi connectivity index (χ1v) is 6.33. The molecule has 1 aliphatic heterocycles. The Morgan fingerprint density at radius 3 is 3.18 bits per heavy atom. The molecule has 0 bridgehead atoms. The Morgan fingerprint density at radius 2 is 2.41 bits per heavy atom. The predicted octanol–water partition coefficient (Wildman–Crippen LogP) is 2.34. The smallest absolute Gasteiger partial charge is 0.304 e. The molecule has 2 rings (SSSR count). The number of benzene rings is 1. The summed E-state index contributed by atoms with van der Waals surface area (Å²) >= 11 is 3.43. The third-order valence-electron chi connectivity index (χ3n) is 2.74. The number of rotatable bonds is 4. The van der Waals surface area contributed by atoms with Gasteiger partial charge < -0.3 is 15.2 Å². The van der Waals surface area contributed by atoms with E-state index >= 15 is 0 Å². The molecule has 2 N–H and O–H groups in total. The topological polar surface area (TPSA) is 58.6 Å². The van der Waals surface area contributed by atoms with Gasteiger partial charge in [0, 0.05) is 29.0 Å². The molecule has 92 valence electrons. The van der Waals surface area contributed by atoms with Crippen molar-refractivity contribution in [1.29, 1.82) is 0 Å². The van der Waals surface area contributed by atoms with E-state index in [1.807, 2.05) is 18.2 Å². The highest BCUT2D eigenvalue weighted by atomic mass is 79.9. The van der Waals surface area contributed by atoms with Gasteiger partial charge in [-0.15, -0.1) is 0 Å². The number of carbonyl (C=O) groups is 1. The molecular weight excluding hydrogens is 286 g/mol. The molecule has 0 fully saturated rings. The molecule has 1 aromatic carbocycles. The van der Waals surface area contributed by atoms with E-state index in [0.29, 0.717) is 13.2 Å². The monoisotopic (exact) mass is 299 g/mol. The van der Waals surface area contributed by atoms with Crippen molar-refractivity contribution >= 4 is 21.9 Å². The third kappa shape index (κ3) is 3.20. The molecule has 17 heavy (non-hydrogen) atoms. The number of carboxylic acid groups (broad SMARTS) is 1. The van der Waals surface area contributed by atoms with Crippen LogP contribution in [0.1, 0.15) is 24.4 Å². The zero-order chi connectivity index (χ0) is 12.3. The number of aliphatic carboxylic acids is 1. The van der Waals surface area contributed by atoms with E-state index < -0.39 is 5.97 Å². The Balaban J connectivity index is 2.05. The predicted molar refractivity (Wildman–Crippen MR) is 67.3 cm³/mol. The van der Waals surface area contributed by atoms with E-state index in [1.165, 1.54) is 0 Å². The highest BCUT2D eigenvalue weighted by Crippen LogP contribution is 2.33. The van der Waals surface area contributed by atoms with Crippen LogP contribution in [0.2, 0.25) is 0 Å². The van der Waals surface area contributed by atoms with Gasteiger partial charge in [-0.2, -0.15) is 0 Å². The second-order valence-electron chi connectivity index (χ2n) is 3.97. The van der Waals surface area contributed by atoms with E-state index in [9.17, 15) is 4.79 Å². The molecule has 0 aliphatic carbocycles. The van der Waals surface area contributed by atoms with Crippen molar-refractivity contribution in [1.82, 2.24) is 5.32 Å². The molecule has 1 unspecified atom stereocenters. The minimum atomic E-state index is -0.779. The first-order valence-electron chi connectivity index (χ1n) is 5.54. The fourth-order valence-corrected chi connectivity index (χ4v) is 2.31. The number of halogens is 1. The maximum absolute atomic E-state index is 10.5. The first-order chi connectivity index (χ1) is 8.16. The molecule has 5 heteroatoms. The fourth-order valence-electron chi connectivity index (χ4n) is 1.93. The summed E-state index contributed by atoms with van der Waals surface area (Å²) in [5.74, 6) is 0.103. The van der Waals surface area contributed by atoms with E-state index in [-0.39, 0.29) is 12.5 Å².